The van der Waals surface area contributed by atoms with Crippen LogP contribution < -0.4 is 4.74 Å². The van der Waals surface area contributed by atoms with Gasteiger partial charge in [0.05, 0.1) is 5.57 Å². The van der Waals surface area contributed by atoms with Gasteiger partial charge in [-0.2, -0.15) is 0 Å². The van der Waals surface area contributed by atoms with Gasteiger partial charge in [-0.3, -0.25) is 0 Å². The summed E-state index contributed by atoms with van der Waals surface area (Å²) >= 11 is 0. The lowest BCUT2D eigenvalue weighted by Gasteiger charge is -2.18. The predicted molar refractivity (Wildman–Crippen MR) is 117 cm³/mol. The molecular formula is C25H24O5. The smallest absolute Gasteiger partial charge is 0.508 e. The third kappa shape index (κ3) is 7.61. The van der Waals surface area contributed by atoms with Gasteiger partial charge in [-0.1, -0.05) is 36.6 Å². The number of carbonyl (C=O) groups excluding carboxylic acids is 1. The van der Waals surface area contributed by atoms with Crippen molar-refractivity contribution in [2.24, 2.45) is 0 Å². The van der Waals surface area contributed by atoms with E-state index < -0.39 is 11.8 Å². The van der Waals surface area contributed by atoms with E-state index in [9.17, 15) is 15.0 Å². The van der Waals surface area contributed by atoms with Gasteiger partial charge in [0.1, 0.15) is 17.1 Å². The summed E-state index contributed by atoms with van der Waals surface area (Å²) in [6.07, 6.45) is 3.94. The molecule has 2 aromatic rings. The van der Waals surface area contributed by atoms with Crippen molar-refractivity contribution in [3.63, 3.8) is 0 Å². The van der Waals surface area contributed by atoms with Gasteiger partial charge in [0.25, 0.3) is 0 Å². The Labute approximate surface area is 176 Å². The van der Waals surface area contributed by atoms with Crippen LogP contribution in [-0.4, -0.2) is 22.0 Å². The molecule has 0 atom stereocenters. The molecule has 2 aromatic carbocycles. The normalized spacial score (nSPS) is 10.1. The number of aliphatic hydroxyl groups is 1. The van der Waals surface area contributed by atoms with Gasteiger partial charge in [-0.25, -0.2) is 4.79 Å². The molecule has 0 aliphatic heterocycles. The van der Waals surface area contributed by atoms with Crippen LogP contribution >= 0.6 is 0 Å². The number of aromatic hydroxyl groups is 1. The van der Waals surface area contributed by atoms with Crippen LogP contribution in [0.1, 0.15) is 31.9 Å². The van der Waals surface area contributed by atoms with Crippen LogP contribution in [0.5, 0.6) is 11.5 Å². The molecule has 0 saturated heterocycles. The number of carbonyl (C=O) groups is 1. The first-order valence-corrected chi connectivity index (χ1v) is 9.21. The summed E-state index contributed by atoms with van der Waals surface area (Å²) in [7, 11) is 0. The van der Waals surface area contributed by atoms with E-state index in [1.165, 1.54) is 6.08 Å². The molecule has 5 nitrogen and oxygen atoms in total. The summed E-state index contributed by atoms with van der Waals surface area (Å²) in [5.74, 6) is 0.394. The Morgan fingerprint density at radius 1 is 0.967 bits per heavy atom. The van der Waals surface area contributed by atoms with Gasteiger partial charge in [-0.15, -0.1) is 5.73 Å². The van der Waals surface area contributed by atoms with Gasteiger partial charge in [0, 0.05) is 0 Å². The van der Waals surface area contributed by atoms with Gasteiger partial charge >= 0.3 is 6.16 Å². The Morgan fingerprint density at radius 2 is 1.50 bits per heavy atom. The van der Waals surface area contributed by atoms with Crippen molar-refractivity contribution < 1.29 is 24.5 Å². The average Bonchev–Trinajstić information content (AvgIpc) is 2.67. The Hall–Kier alpha value is -3.91. The van der Waals surface area contributed by atoms with Crippen molar-refractivity contribution >= 4 is 18.3 Å². The zero-order valence-electron chi connectivity index (χ0n) is 17.2. The fourth-order valence-electron chi connectivity index (χ4n) is 2.18. The maximum Gasteiger partial charge on any atom is 0.514 e. The summed E-state index contributed by atoms with van der Waals surface area (Å²) in [5, 5.41) is 19.5. The fraction of sp³-hybridized carbons (Fsp3) is 0.160. The largest absolute Gasteiger partial charge is 0.514 e. The summed E-state index contributed by atoms with van der Waals surface area (Å²) in [6.45, 7) is 8.96. The van der Waals surface area contributed by atoms with E-state index in [1.807, 2.05) is 0 Å². The number of benzene rings is 2. The Morgan fingerprint density at radius 3 is 2.03 bits per heavy atom. The van der Waals surface area contributed by atoms with Crippen LogP contribution in [0, 0.1) is 0 Å². The lowest BCUT2D eigenvalue weighted by Crippen LogP contribution is -2.25. The van der Waals surface area contributed by atoms with Gasteiger partial charge in [0.2, 0.25) is 0 Å². The molecule has 0 spiro atoms. The van der Waals surface area contributed by atoms with Crippen molar-refractivity contribution in [2.45, 2.75) is 26.4 Å². The minimum atomic E-state index is -0.768. The van der Waals surface area contributed by atoms with E-state index >= 15 is 0 Å². The molecule has 0 amide bonds. The fourth-order valence-corrected chi connectivity index (χ4v) is 2.18. The Bertz CT molecular complexity index is 1020. The molecule has 0 bridgehead atoms. The van der Waals surface area contributed by atoms with Crippen LogP contribution in [0.2, 0.25) is 0 Å². The van der Waals surface area contributed by atoms with E-state index in [1.54, 1.807) is 81.5 Å². The molecule has 0 saturated carbocycles. The second-order valence-corrected chi connectivity index (χ2v) is 7.27. The van der Waals surface area contributed by atoms with E-state index in [2.05, 4.69) is 18.0 Å². The van der Waals surface area contributed by atoms with Crippen LogP contribution in [0.4, 0.5) is 4.79 Å². The van der Waals surface area contributed by atoms with Crippen LogP contribution in [0.15, 0.2) is 84.0 Å². The SMILES string of the molecule is C=CC(=C=Cc1ccc(OC(=O)OC(C)(C)C)cc1)C(O)=C=Cc1ccc(O)cc1. The number of hydrogen-bond donors (Lipinski definition) is 2. The van der Waals surface area contributed by atoms with Crippen LogP contribution in [-0.2, 0) is 4.74 Å². The van der Waals surface area contributed by atoms with Gasteiger partial charge in [-0.05, 0) is 74.4 Å². The Kier molecular flexibility index (Phi) is 7.49. The lowest BCUT2D eigenvalue weighted by molar-refractivity contribution is 0.0206. The quantitative estimate of drug-likeness (QED) is 0.204. The highest BCUT2D eigenvalue weighted by atomic mass is 16.7. The minimum absolute atomic E-state index is 0.126. The van der Waals surface area contributed by atoms with E-state index in [4.69, 9.17) is 9.47 Å². The maximum absolute atomic E-state index is 11.7. The number of aliphatic hydroxyl groups excluding tert-OH is 1. The molecule has 0 unspecified atom stereocenters. The monoisotopic (exact) mass is 404 g/mol. The Balaban J connectivity index is 2.14. The van der Waals surface area contributed by atoms with E-state index in [0.29, 0.717) is 11.3 Å². The number of ether oxygens (including phenoxy) is 2. The van der Waals surface area contributed by atoms with Crippen molar-refractivity contribution in [1.29, 1.82) is 0 Å². The first-order valence-electron chi connectivity index (χ1n) is 9.21. The highest BCUT2D eigenvalue weighted by molar-refractivity contribution is 5.64. The zero-order valence-corrected chi connectivity index (χ0v) is 17.2. The molecule has 5 heteroatoms. The van der Waals surface area contributed by atoms with Crippen LogP contribution in [0.3, 0.4) is 0 Å². The third-order valence-corrected chi connectivity index (χ3v) is 3.59. The number of allylic oxidation sites excluding steroid dienone is 1. The van der Waals surface area contributed by atoms with E-state index in [-0.39, 0.29) is 11.5 Å². The van der Waals surface area contributed by atoms with Gasteiger partial charge < -0.3 is 19.7 Å². The van der Waals surface area contributed by atoms with Crippen molar-refractivity contribution in [2.75, 3.05) is 0 Å². The standard InChI is InChI=1S/C25H24O5/c1-5-20(23(27)17-11-19-7-13-21(26)14-8-19)12-6-18-9-15-22(16-10-18)29-24(28)30-25(2,3)4/h5-11,13-16,26-27H,1H2,2-4H3. The molecule has 0 aromatic heterocycles. The highest BCUT2D eigenvalue weighted by Gasteiger charge is 2.17. The molecule has 30 heavy (non-hydrogen) atoms. The molecule has 0 radical (unpaired) electrons. The lowest BCUT2D eigenvalue weighted by atomic mass is 10.1. The van der Waals surface area contributed by atoms with Crippen molar-refractivity contribution in [1.82, 2.24) is 0 Å². The first-order chi connectivity index (χ1) is 14.2. The second kappa shape index (κ2) is 10.0. The van der Waals surface area contributed by atoms with Crippen molar-refractivity contribution in [3.05, 3.63) is 95.1 Å². The highest BCUT2D eigenvalue weighted by Crippen LogP contribution is 2.17. The molecule has 0 aliphatic rings. The molecule has 0 aliphatic carbocycles. The summed E-state index contributed by atoms with van der Waals surface area (Å²) in [4.78, 5) is 11.7. The summed E-state index contributed by atoms with van der Waals surface area (Å²) in [6, 6.07) is 13.2. The second-order valence-electron chi connectivity index (χ2n) is 7.27. The molecule has 2 rings (SSSR count). The molecule has 0 fully saturated rings. The molecule has 2 N–H and O–H groups in total. The van der Waals surface area contributed by atoms with Crippen LogP contribution in [0.25, 0.3) is 12.2 Å². The van der Waals surface area contributed by atoms with E-state index in [0.717, 1.165) is 11.1 Å². The maximum atomic E-state index is 11.7. The summed E-state index contributed by atoms with van der Waals surface area (Å²) < 4.78 is 10.2. The summed E-state index contributed by atoms with van der Waals surface area (Å²) in [5.41, 5.74) is 6.99. The molecule has 0 heterocycles. The zero-order chi connectivity index (χ0) is 22.1. The number of hydrogen-bond acceptors (Lipinski definition) is 5. The topological polar surface area (TPSA) is 76.0 Å². The minimum Gasteiger partial charge on any atom is -0.508 e. The molecule has 154 valence electrons. The average molecular weight is 404 g/mol. The number of rotatable bonds is 5. The predicted octanol–water partition coefficient (Wildman–Crippen LogP) is 6.18. The third-order valence-electron chi connectivity index (χ3n) is 3.59. The molecular weight excluding hydrogens is 380 g/mol. The van der Waals surface area contributed by atoms with Crippen molar-refractivity contribution in [3.8, 4) is 11.5 Å². The van der Waals surface area contributed by atoms with Gasteiger partial charge in [0.15, 0.2) is 5.76 Å². The number of phenolic OH excluding ortho intramolecular Hbond substituents is 1. The first kappa shape index (κ1) is 22.4. The number of phenols is 1.